The molecule has 2 aromatic carbocycles. The van der Waals surface area contributed by atoms with Gasteiger partial charge in [-0.15, -0.1) is 0 Å². The van der Waals surface area contributed by atoms with Crippen LogP contribution in [0.2, 0.25) is 0 Å². The first-order valence-electron chi connectivity index (χ1n) is 6.67. The van der Waals surface area contributed by atoms with Crippen molar-refractivity contribution in [3.05, 3.63) is 59.8 Å². The van der Waals surface area contributed by atoms with Crippen LogP contribution in [0.5, 0.6) is 0 Å². The Bertz CT molecular complexity index is 940. The zero-order valence-corrected chi connectivity index (χ0v) is 11.7. The number of fused-ring (bicyclic) bond motifs is 1. The van der Waals surface area contributed by atoms with Gasteiger partial charge in [-0.05, 0) is 23.8 Å². The molecule has 0 spiro atoms. The monoisotopic (exact) mass is 313 g/mol. The van der Waals surface area contributed by atoms with Crippen molar-refractivity contribution in [2.24, 2.45) is 0 Å². The number of nitrogen functional groups attached to an aromatic ring is 1. The lowest BCUT2D eigenvalue weighted by Gasteiger charge is -2.13. The SMILES string of the molecule is N#Cc1cnc2c(C(F)(F)F)cccc2c1-c1cccc(N)c1. The van der Waals surface area contributed by atoms with Crippen LogP contribution in [0.3, 0.4) is 0 Å². The second-order valence-electron chi connectivity index (χ2n) is 4.98. The fourth-order valence-electron chi connectivity index (χ4n) is 2.54. The molecule has 1 aromatic heterocycles. The van der Waals surface area contributed by atoms with Crippen LogP contribution in [0, 0.1) is 11.3 Å². The molecule has 0 amide bonds. The lowest BCUT2D eigenvalue weighted by Crippen LogP contribution is -2.07. The molecule has 0 aliphatic carbocycles. The van der Waals surface area contributed by atoms with Gasteiger partial charge in [-0.2, -0.15) is 18.4 Å². The van der Waals surface area contributed by atoms with Crippen molar-refractivity contribution < 1.29 is 13.2 Å². The summed E-state index contributed by atoms with van der Waals surface area (Å²) >= 11 is 0. The summed E-state index contributed by atoms with van der Waals surface area (Å²) in [7, 11) is 0. The number of para-hydroxylation sites is 1. The van der Waals surface area contributed by atoms with Crippen LogP contribution in [-0.2, 0) is 6.18 Å². The maximum atomic E-state index is 13.2. The molecule has 0 saturated carbocycles. The number of nitrogens with zero attached hydrogens (tertiary/aromatic N) is 2. The molecule has 0 unspecified atom stereocenters. The third kappa shape index (κ3) is 2.57. The van der Waals surface area contributed by atoms with Crippen LogP contribution in [-0.4, -0.2) is 4.98 Å². The second kappa shape index (κ2) is 5.29. The molecule has 0 aliphatic rings. The fraction of sp³-hybridized carbons (Fsp3) is 0.0588. The lowest BCUT2D eigenvalue weighted by atomic mass is 9.95. The molecule has 0 atom stereocenters. The largest absolute Gasteiger partial charge is 0.418 e. The van der Waals surface area contributed by atoms with Crippen molar-refractivity contribution in [2.45, 2.75) is 6.18 Å². The molecule has 0 radical (unpaired) electrons. The van der Waals surface area contributed by atoms with Gasteiger partial charge in [0, 0.05) is 22.8 Å². The summed E-state index contributed by atoms with van der Waals surface area (Å²) in [4.78, 5) is 3.85. The summed E-state index contributed by atoms with van der Waals surface area (Å²) in [5.41, 5.74) is 6.37. The molecular weight excluding hydrogens is 303 g/mol. The zero-order valence-electron chi connectivity index (χ0n) is 11.7. The topological polar surface area (TPSA) is 62.7 Å². The van der Waals surface area contributed by atoms with Crippen molar-refractivity contribution in [1.29, 1.82) is 5.26 Å². The molecule has 6 heteroatoms. The first-order chi connectivity index (χ1) is 10.9. The van der Waals surface area contributed by atoms with E-state index in [9.17, 15) is 18.4 Å². The third-order valence-electron chi connectivity index (χ3n) is 3.50. The minimum Gasteiger partial charge on any atom is -0.399 e. The van der Waals surface area contributed by atoms with E-state index in [-0.39, 0.29) is 16.5 Å². The molecule has 0 fully saturated rings. The Kier molecular flexibility index (Phi) is 3.41. The van der Waals surface area contributed by atoms with Crippen LogP contribution < -0.4 is 5.73 Å². The Hall–Kier alpha value is -3.07. The van der Waals surface area contributed by atoms with Gasteiger partial charge in [0.05, 0.1) is 16.6 Å². The van der Waals surface area contributed by atoms with Crippen molar-refractivity contribution in [2.75, 3.05) is 5.73 Å². The number of rotatable bonds is 1. The quantitative estimate of drug-likeness (QED) is 0.678. The smallest absolute Gasteiger partial charge is 0.399 e. The highest BCUT2D eigenvalue weighted by Gasteiger charge is 2.33. The molecule has 3 rings (SSSR count). The number of alkyl halides is 3. The molecule has 3 aromatic rings. The Balaban J connectivity index is 2.43. The molecule has 0 saturated heterocycles. The highest BCUT2D eigenvalue weighted by Crippen LogP contribution is 2.38. The van der Waals surface area contributed by atoms with Gasteiger partial charge in [0.25, 0.3) is 0 Å². The van der Waals surface area contributed by atoms with E-state index in [1.165, 1.54) is 12.1 Å². The van der Waals surface area contributed by atoms with Gasteiger partial charge < -0.3 is 5.73 Å². The molecule has 114 valence electrons. The van der Waals surface area contributed by atoms with E-state index >= 15 is 0 Å². The van der Waals surface area contributed by atoms with E-state index in [2.05, 4.69) is 4.98 Å². The molecule has 23 heavy (non-hydrogen) atoms. The van der Waals surface area contributed by atoms with Gasteiger partial charge in [0.2, 0.25) is 0 Å². The zero-order chi connectivity index (χ0) is 16.6. The van der Waals surface area contributed by atoms with E-state index in [0.29, 0.717) is 16.8 Å². The fourth-order valence-corrected chi connectivity index (χ4v) is 2.54. The van der Waals surface area contributed by atoms with Crippen LogP contribution in [0.25, 0.3) is 22.0 Å². The number of halogens is 3. The summed E-state index contributed by atoms with van der Waals surface area (Å²) in [6.07, 6.45) is -3.36. The minimum absolute atomic E-state index is 0.184. The first-order valence-corrected chi connectivity index (χ1v) is 6.67. The average Bonchev–Trinajstić information content (AvgIpc) is 2.52. The van der Waals surface area contributed by atoms with Gasteiger partial charge in [-0.25, -0.2) is 0 Å². The Morgan fingerprint density at radius 1 is 1.09 bits per heavy atom. The van der Waals surface area contributed by atoms with Crippen molar-refractivity contribution >= 4 is 16.6 Å². The van der Waals surface area contributed by atoms with Crippen LogP contribution >= 0.6 is 0 Å². The van der Waals surface area contributed by atoms with Crippen LogP contribution in [0.15, 0.2) is 48.7 Å². The lowest BCUT2D eigenvalue weighted by molar-refractivity contribution is -0.136. The van der Waals surface area contributed by atoms with Crippen molar-refractivity contribution in [1.82, 2.24) is 4.98 Å². The number of aromatic nitrogens is 1. The number of benzene rings is 2. The highest BCUT2D eigenvalue weighted by atomic mass is 19.4. The predicted octanol–water partition coefficient (Wildman–Crippen LogP) is 4.37. The summed E-state index contributed by atoms with van der Waals surface area (Å²) in [5, 5.41) is 9.56. The standard InChI is InChI=1S/C17H10F3N3/c18-17(19,20)14-6-2-5-13-15(10-3-1-4-12(22)7-10)11(8-21)9-23-16(13)14/h1-7,9H,22H2. The summed E-state index contributed by atoms with van der Waals surface area (Å²) in [6.45, 7) is 0. The van der Waals surface area contributed by atoms with E-state index in [4.69, 9.17) is 5.73 Å². The average molecular weight is 313 g/mol. The van der Waals surface area contributed by atoms with E-state index in [1.54, 1.807) is 24.3 Å². The number of pyridine rings is 1. The van der Waals surface area contributed by atoms with Gasteiger partial charge in [0.1, 0.15) is 6.07 Å². The summed E-state index contributed by atoms with van der Waals surface area (Å²) in [5.74, 6) is 0. The predicted molar refractivity (Wildman–Crippen MR) is 81.3 cm³/mol. The minimum atomic E-state index is -4.52. The first kappa shape index (κ1) is 14.9. The van der Waals surface area contributed by atoms with Crippen molar-refractivity contribution in [3.8, 4) is 17.2 Å². The Morgan fingerprint density at radius 2 is 1.83 bits per heavy atom. The molecule has 0 aliphatic heterocycles. The Morgan fingerprint density at radius 3 is 2.48 bits per heavy atom. The van der Waals surface area contributed by atoms with Gasteiger partial charge in [0.15, 0.2) is 0 Å². The summed E-state index contributed by atoms with van der Waals surface area (Å²) in [6, 6.07) is 12.5. The normalized spacial score (nSPS) is 11.4. The van der Waals surface area contributed by atoms with Gasteiger partial charge in [-0.3, -0.25) is 4.98 Å². The number of hydrogen-bond donors (Lipinski definition) is 1. The molecule has 1 heterocycles. The number of hydrogen-bond acceptors (Lipinski definition) is 3. The van der Waals surface area contributed by atoms with Gasteiger partial charge in [-0.1, -0.05) is 24.3 Å². The third-order valence-corrected chi connectivity index (χ3v) is 3.50. The van der Waals surface area contributed by atoms with E-state index in [1.807, 2.05) is 6.07 Å². The van der Waals surface area contributed by atoms with Crippen LogP contribution in [0.4, 0.5) is 18.9 Å². The van der Waals surface area contributed by atoms with Crippen LogP contribution in [0.1, 0.15) is 11.1 Å². The number of anilines is 1. The molecule has 2 N–H and O–H groups in total. The molecular formula is C17H10F3N3. The molecule has 0 bridgehead atoms. The maximum absolute atomic E-state index is 13.2. The maximum Gasteiger partial charge on any atom is 0.418 e. The van der Waals surface area contributed by atoms with Gasteiger partial charge >= 0.3 is 6.18 Å². The van der Waals surface area contributed by atoms with E-state index in [0.717, 1.165) is 12.3 Å². The van der Waals surface area contributed by atoms with Crippen molar-refractivity contribution in [3.63, 3.8) is 0 Å². The highest BCUT2D eigenvalue weighted by molar-refractivity contribution is 5.99. The molecule has 3 nitrogen and oxygen atoms in total. The second-order valence-corrected chi connectivity index (χ2v) is 4.98. The summed E-state index contributed by atoms with van der Waals surface area (Å²) < 4.78 is 39.5. The number of nitriles is 1. The Labute approximate surface area is 129 Å². The van der Waals surface area contributed by atoms with E-state index < -0.39 is 11.7 Å². The number of nitrogens with two attached hydrogens (primary N) is 1.